The number of rotatable bonds is 11. The molecule has 0 saturated carbocycles. The van der Waals surface area contributed by atoms with Crippen molar-refractivity contribution in [2.75, 3.05) is 12.4 Å². The molecule has 0 radical (unpaired) electrons. The Balaban J connectivity index is 2.44. The SMILES string of the molecule is CCCC[C@@](CC)(CO)CS(=O)(=O)c1ccc(F)cc1Cc1cccc([N+](=O)[O-])c1. The number of nitro benzene ring substituents is 1. The van der Waals surface area contributed by atoms with Crippen molar-refractivity contribution < 1.29 is 22.8 Å². The van der Waals surface area contributed by atoms with Crippen LogP contribution in [0.15, 0.2) is 47.4 Å². The van der Waals surface area contributed by atoms with Gasteiger partial charge in [-0.25, -0.2) is 12.8 Å². The summed E-state index contributed by atoms with van der Waals surface area (Å²) in [5, 5.41) is 21.0. The van der Waals surface area contributed by atoms with Crippen molar-refractivity contribution in [3.63, 3.8) is 0 Å². The Bertz CT molecular complexity index is 987. The van der Waals surface area contributed by atoms with Gasteiger partial charge in [-0.15, -0.1) is 0 Å². The third-order valence-corrected chi connectivity index (χ3v) is 7.58. The summed E-state index contributed by atoms with van der Waals surface area (Å²) >= 11 is 0. The smallest absolute Gasteiger partial charge is 0.269 e. The minimum Gasteiger partial charge on any atom is -0.396 e. The Labute approximate surface area is 176 Å². The van der Waals surface area contributed by atoms with E-state index < -0.39 is 26.0 Å². The molecule has 0 spiro atoms. The maximum absolute atomic E-state index is 13.9. The maximum Gasteiger partial charge on any atom is 0.269 e. The molecule has 0 fully saturated rings. The van der Waals surface area contributed by atoms with Crippen LogP contribution in [0.5, 0.6) is 0 Å². The molecule has 0 heterocycles. The second-order valence-corrected chi connectivity index (χ2v) is 9.69. The molecule has 2 aromatic rings. The molecule has 0 aliphatic rings. The standard InChI is InChI=1S/C22H28FNO5S/c1-3-5-11-22(4-2,15-25)16-30(28,29)21-10-9-19(23)14-18(21)12-17-7-6-8-20(13-17)24(26)27/h6-10,13-14,25H,3-5,11-12,15-16H2,1-2H3/t22-/m0/s1. The predicted molar refractivity (Wildman–Crippen MR) is 114 cm³/mol. The first-order chi connectivity index (χ1) is 14.2. The van der Waals surface area contributed by atoms with Gasteiger partial charge in [0.15, 0.2) is 9.84 Å². The monoisotopic (exact) mass is 437 g/mol. The molecule has 8 heteroatoms. The summed E-state index contributed by atoms with van der Waals surface area (Å²) in [6, 6.07) is 9.35. The van der Waals surface area contributed by atoms with Crippen molar-refractivity contribution in [1.82, 2.24) is 0 Å². The zero-order valence-electron chi connectivity index (χ0n) is 17.3. The summed E-state index contributed by atoms with van der Waals surface area (Å²) in [4.78, 5) is 10.5. The molecular formula is C22H28FNO5S. The summed E-state index contributed by atoms with van der Waals surface area (Å²) in [5.74, 6) is -0.815. The van der Waals surface area contributed by atoms with E-state index in [1.165, 1.54) is 24.3 Å². The molecule has 30 heavy (non-hydrogen) atoms. The number of nitro groups is 1. The lowest BCUT2D eigenvalue weighted by atomic mass is 9.83. The highest BCUT2D eigenvalue weighted by molar-refractivity contribution is 7.91. The van der Waals surface area contributed by atoms with Gasteiger partial charge in [0.1, 0.15) is 5.82 Å². The normalized spacial score (nSPS) is 13.7. The van der Waals surface area contributed by atoms with E-state index in [9.17, 15) is 28.0 Å². The van der Waals surface area contributed by atoms with E-state index in [0.717, 1.165) is 25.0 Å². The van der Waals surface area contributed by atoms with Crippen molar-refractivity contribution in [3.8, 4) is 0 Å². The summed E-state index contributed by atoms with van der Waals surface area (Å²) in [5.41, 5.74) is -0.111. The Morgan fingerprint density at radius 1 is 1.17 bits per heavy atom. The third-order valence-electron chi connectivity index (χ3n) is 5.52. The van der Waals surface area contributed by atoms with Crippen molar-refractivity contribution >= 4 is 15.5 Å². The number of nitrogens with zero attached hydrogens (tertiary/aromatic N) is 1. The molecule has 0 unspecified atom stereocenters. The minimum atomic E-state index is -3.83. The van der Waals surface area contributed by atoms with E-state index in [2.05, 4.69) is 0 Å². The number of hydrogen-bond acceptors (Lipinski definition) is 5. The molecule has 2 aromatic carbocycles. The summed E-state index contributed by atoms with van der Waals surface area (Å²) in [6.45, 7) is 3.61. The molecule has 6 nitrogen and oxygen atoms in total. The van der Waals surface area contributed by atoms with Crippen LogP contribution < -0.4 is 0 Å². The van der Waals surface area contributed by atoms with Gasteiger partial charge in [-0.3, -0.25) is 10.1 Å². The van der Waals surface area contributed by atoms with E-state index in [-0.39, 0.29) is 34.9 Å². The number of non-ortho nitro benzene ring substituents is 1. The molecule has 0 aromatic heterocycles. The van der Waals surface area contributed by atoms with Crippen LogP contribution in [-0.4, -0.2) is 30.8 Å². The highest BCUT2D eigenvalue weighted by Gasteiger charge is 2.34. The van der Waals surface area contributed by atoms with Gasteiger partial charge in [0.05, 0.1) is 15.6 Å². The summed E-state index contributed by atoms with van der Waals surface area (Å²) in [7, 11) is -3.83. The fourth-order valence-electron chi connectivity index (χ4n) is 3.61. The van der Waals surface area contributed by atoms with Crippen molar-refractivity contribution in [3.05, 3.63) is 69.5 Å². The van der Waals surface area contributed by atoms with Gasteiger partial charge in [0.25, 0.3) is 5.69 Å². The van der Waals surface area contributed by atoms with E-state index in [4.69, 9.17) is 0 Å². The summed E-state index contributed by atoms with van der Waals surface area (Å²) in [6.07, 6.45) is 2.81. The second kappa shape index (κ2) is 10.1. The molecule has 1 atom stereocenters. The number of benzene rings is 2. The lowest BCUT2D eigenvalue weighted by molar-refractivity contribution is -0.384. The highest BCUT2D eigenvalue weighted by Crippen LogP contribution is 2.34. The molecule has 0 amide bonds. The van der Waals surface area contributed by atoms with Gasteiger partial charge in [-0.05, 0) is 48.6 Å². The van der Waals surface area contributed by atoms with Crippen LogP contribution in [0, 0.1) is 21.3 Å². The topological polar surface area (TPSA) is 97.5 Å². The Hall–Kier alpha value is -2.32. The predicted octanol–water partition coefficient (Wildman–Crippen LogP) is 4.68. The van der Waals surface area contributed by atoms with Crippen LogP contribution in [0.3, 0.4) is 0 Å². The molecule has 0 aliphatic heterocycles. The Kier molecular flexibility index (Phi) is 8.09. The molecular weight excluding hydrogens is 409 g/mol. The Morgan fingerprint density at radius 2 is 1.90 bits per heavy atom. The summed E-state index contributed by atoms with van der Waals surface area (Å²) < 4.78 is 40.5. The zero-order valence-corrected chi connectivity index (χ0v) is 18.1. The molecule has 164 valence electrons. The number of aliphatic hydroxyl groups is 1. The molecule has 0 aliphatic carbocycles. The fourth-order valence-corrected chi connectivity index (χ4v) is 5.82. The maximum atomic E-state index is 13.9. The van der Waals surface area contributed by atoms with Crippen LogP contribution >= 0.6 is 0 Å². The van der Waals surface area contributed by atoms with Gasteiger partial charge in [0, 0.05) is 24.2 Å². The van der Waals surface area contributed by atoms with Crippen LogP contribution in [-0.2, 0) is 16.3 Å². The first-order valence-corrected chi connectivity index (χ1v) is 11.7. The van der Waals surface area contributed by atoms with Crippen LogP contribution in [0.25, 0.3) is 0 Å². The van der Waals surface area contributed by atoms with E-state index in [0.29, 0.717) is 18.4 Å². The van der Waals surface area contributed by atoms with Gasteiger partial charge in [0.2, 0.25) is 0 Å². The van der Waals surface area contributed by atoms with Gasteiger partial charge in [-0.2, -0.15) is 0 Å². The van der Waals surface area contributed by atoms with E-state index in [1.54, 1.807) is 6.07 Å². The van der Waals surface area contributed by atoms with Crippen LogP contribution in [0.1, 0.15) is 50.7 Å². The largest absolute Gasteiger partial charge is 0.396 e. The molecule has 2 rings (SSSR count). The highest BCUT2D eigenvalue weighted by atomic mass is 32.2. The van der Waals surface area contributed by atoms with Crippen molar-refractivity contribution in [2.45, 2.75) is 50.8 Å². The third kappa shape index (κ3) is 5.86. The Morgan fingerprint density at radius 3 is 2.50 bits per heavy atom. The zero-order chi connectivity index (χ0) is 22.4. The average Bonchev–Trinajstić information content (AvgIpc) is 2.71. The van der Waals surface area contributed by atoms with Crippen LogP contribution in [0.4, 0.5) is 10.1 Å². The van der Waals surface area contributed by atoms with E-state index >= 15 is 0 Å². The van der Waals surface area contributed by atoms with Gasteiger partial charge >= 0.3 is 0 Å². The second-order valence-electron chi connectivity index (χ2n) is 7.73. The molecule has 0 bridgehead atoms. The van der Waals surface area contributed by atoms with E-state index in [1.807, 2.05) is 13.8 Å². The van der Waals surface area contributed by atoms with Gasteiger partial charge in [-0.1, -0.05) is 38.8 Å². The lowest BCUT2D eigenvalue weighted by Gasteiger charge is -2.30. The van der Waals surface area contributed by atoms with Crippen molar-refractivity contribution in [2.24, 2.45) is 5.41 Å². The number of aliphatic hydroxyl groups excluding tert-OH is 1. The first kappa shape index (κ1) is 24.0. The number of unbranched alkanes of at least 4 members (excludes halogenated alkanes) is 1. The van der Waals surface area contributed by atoms with Gasteiger partial charge < -0.3 is 5.11 Å². The number of hydrogen-bond donors (Lipinski definition) is 1. The number of halogens is 1. The number of sulfone groups is 1. The van der Waals surface area contributed by atoms with Crippen molar-refractivity contribution in [1.29, 1.82) is 0 Å². The molecule has 1 N–H and O–H groups in total. The first-order valence-electron chi connectivity index (χ1n) is 10.0. The average molecular weight is 438 g/mol. The van der Waals surface area contributed by atoms with Crippen LogP contribution in [0.2, 0.25) is 0 Å². The lowest BCUT2D eigenvalue weighted by Crippen LogP contribution is -2.34. The fraction of sp³-hybridized carbons (Fsp3) is 0.455. The quantitative estimate of drug-likeness (QED) is 0.313. The minimum absolute atomic E-state index is 0.00169. The molecule has 0 saturated heterocycles.